The first kappa shape index (κ1) is 14.5. The Labute approximate surface area is 126 Å². The summed E-state index contributed by atoms with van der Waals surface area (Å²) in [5.41, 5.74) is 3.53. The molecule has 3 rings (SSSR count). The highest BCUT2D eigenvalue weighted by molar-refractivity contribution is 5.79. The van der Waals surface area contributed by atoms with Gasteiger partial charge < -0.3 is 10.1 Å². The van der Waals surface area contributed by atoms with Crippen molar-refractivity contribution in [1.29, 1.82) is 0 Å². The van der Waals surface area contributed by atoms with Crippen LogP contribution in [-0.4, -0.2) is 24.7 Å². The number of ether oxygens (including phenoxy) is 1. The normalized spacial score (nSPS) is 18.0. The van der Waals surface area contributed by atoms with Gasteiger partial charge in [0.2, 0.25) is 0 Å². The number of pyridine rings is 1. The number of hydrogen-bond acceptors (Lipinski definition) is 3. The molecule has 0 bridgehead atoms. The van der Waals surface area contributed by atoms with Crippen molar-refractivity contribution in [1.82, 2.24) is 10.3 Å². The first-order valence-corrected chi connectivity index (χ1v) is 7.96. The summed E-state index contributed by atoms with van der Waals surface area (Å²) in [6, 6.07) is 11.4. The standard InChI is InChI=1S/C18H24N2O/c1-3-19-18(14-8-10-21-11-9-14)16-6-7-17-15(12-16)5-4-13(2)20-17/h4-7,12,14,18-19H,3,8-11H2,1-2H3. The average Bonchev–Trinajstić information content (AvgIpc) is 2.53. The van der Waals surface area contributed by atoms with Crippen LogP contribution in [0.3, 0.4) is 0 Å². The van der Waals surface area contributed by atoms with Gasteiger partial charge in [-0.1, -0.05) is 19.1 Å². The summed E-state index contributed by atoms with van der Waals surface area (Å²) in [7, 11) is 0. The largest absolute Gasteiger partial charge is 0.381 e. The molecule has 1 fully saturated rings. The summed E-state index contributed by atoms with van der Waals surface area (Å²) >= 11 is 0. The number of fused-ring (bicyclic) bond motifs is 1. The quantitative estimate of drug-likeness (QED) is 0.931. The summed E-state index contributed by atoms with van der Waals surface area (Å²) in [5.74, 6) is 0.662. The number of nitrogens with zero attached hydrogens (tertiary/aromatic N) is 1. The summed E-state index contributed by atoms with van der Waals surface area (Å²) in [6.07, 6.45) is 2.28. The first-order valence-electron chi connectivity index (χ1n) is 7.96. The summed E-state index contributed by atoms with van der Waals surface area (Å²) in [6.45, 7) is 6.99. The molecule has 1 aromatic carbocycles. The van der Waals surface area contributed by atoms with Crippen molar-refractivity contribution in [2.24, 2.45) is 5.92 Å². The Morgan fingerprint density at radius 3 is 2.81 bits per heavy atom. The number of rotatable bonds is 4. The predicted molar refractivity (Wildman–Crippen MR) is 86.4 cm³/mol. The average molecular weight is 284 g/mol. The molecule has 0 saturated carbocycles. The Balaban J connectivity index is 1.92. The van der Waals surface area contributed by atoms with Gasteiger partial charge in [0.05, 0.1) is 5.52 Å². The molecule has 0 radical (unpaired) electrons. The number of nitrogens with one attached hydrogen (secondary N) is 1. The maximum atomic E-state index is 5.51. The Morgan fingerprint density at radius 2 is 2.05 bits per heavy atom. The van der Waals surface area contributed by atoms with E-state index in [1.165, 1.54) is 10.9 Å². The molecule has 3 heteroatoms. The monoisotopic (exact) mass is 284 g/mol. The van der Waals surface area contributed by atoms with Crippen LogP contribution in [0.5, 0.6) is 0 Å². The molecule has 0 amide bonds. The summed E-state index contributed by atoms with van der Waals surface area (Å²) in [4.78, 5) is 4.59. The van der Waals surface area contributed by atoms with Crippen LogP contribution in [0.25, 0.3) is 10.9 Å². The smallest absolute Gasteiger partial charge is 0.0705 e. The van der Waals surface area contributed by atoms with E-state index in [1.807, 2.05) is 6.92 Å². The van der Waals surface area contributed by atoms with Gasteiger partial charge in [-0.2, -0.15) is 0 Å². The highest BCUT2D eigenvalue weighted by atomic mass is 16.5. The molecular weight excluding hydrogens is 260 g/mol. The van der Waals surface area contributed by atoms with Crippen molar-refractivity contribution in [3.05, 3.63) is 41.6 Å². The molecule has 112 valence electrons. The lowest BCUT2D eigenvalue weighted by molar-refractivity contribution is 0.0538. The molecule has 1 unspecified atom stereocenters. The van der Waals surface area contributed by atoms with Crippen molar-refractivity contribution < 1.29 is 4.74 Å². The molecule has 2 aromatic rings. The van der Waals surface area contributed by atoms with Crippen molar-refractivity contribution in [2.75, 3.05) is 19.8 Å². The Hall–Kier alpha value is -1.45. The van der Waals surface area contributed by atoms with Crippen molar-refractivity contribution in [3.8, 4) is 0 Å². The maximum absolute atomic E-state index is 5.51. The van der Waals surface area contributed by atoms with Gasteiger partial charge in [0.25, 0.3) is 0 Å². The highest BCUT2D eigenvalue weighted by Crippen LogP contribution is 2.31. The van der Waals surface area contributed by atoms with E-state index < -0.39 is 0 Å². The van der Waals surface area contributed by atoms with Gasteiger partial charge in [0, 0.05) is 30.3 Å². The van der Waals surface area contributed by atoms with E-state index in [9.17, 15) is 0 Å². The van der Waals surface area contributed by atoms with Crippen LogP contribution in [0.15, 0.2) is 30.3 Å². The second-order valence-corrected chi connectivity index (χ2v) is 5.89. The van der Waals surface area contributed by atoms with Gasteiger partial charge in [-0.15, -0.1) is 0 Å². The molecule has 1 saturated heterocycles. The van der Waals surface area contributed by atoms with Crippen LogP contribution in [0, 0.1) is 12.8 Å². The number of aromatic nitrogens is 1. The highest BCUT2D eigenvalue weighted by Gasteiger charge is 2.24. The topological polar surface area (TPSA) is 34.2 Å². The molecule has 1 N–H and O–H groups in total. The third-order valence-electron chi connectivity index (χ3n) is 4.37. The SMILES string of the molecule is CCNC(c1ccc2nc(C)ccc2c1)C1CCOCC1. The van der Waals surface area contributed by atoms with E-state index in [4.69, 9.17) is 4.74 Å². The van der Waals surface area contributed by atoms with E-state index in [2.05, 4.69) is 47.6 Å². The van der Waals surface area contributed by atoms with E-state index in [1.54, 1.807) is 0 Å². The lowest BCUT2D eigenvalue weighted by atomic mass is 9.86. The molecule has 0 spiro atoms. The van der Waals surface area contributed by atoms with E-state index in [0.717, 1.165) is 43.8 Å². The Kier molecular flexibility index (Phi) is 4.51. The van der Waals surface area contributed by atoms with Gasteiger partial charge in [0.15, 0.2) is 0 Å². The zero-order valence-electron chi connectivity index (χ0n) is 12.9. The van der Waals surface area contributed by atoms with Crippen molar-refractivity contribution in [2.45, 2.75) is 32.7 Å². The molecule has 0 aliphatic carbocycles. The molecule has 3 nitrogen and oxygen atoms in total. The second-order valence-electron chi connectivity index (χ2n) is 5.89. The molecule has 1 aromatic heterocycles. The fourth-order valence-corrected chi connectivity index (χ4v) is 3.27. The van der Waals surface area contributed by atoms with E-state index >= 15 is 0 Å². The lowest BCUT2D eigenvalue weighted by Gasteiger charge is -2.31. The van der Waals surface area contributed by atoms with Crippen LogP contribution in [0.2, 0.25) is 0 Å². The first-order chi connectivity index (χ1) is 10.3. The molecular formula is C18H24N2O. The molecule has 1 aliphatic rings. The van der Waals surface area contributed by atoms with Crippen LogP contribution >= 0.6 is 0 Å². The van der Waals surface area contributed by atoms with Crippen LogP contribution in [-0.2, 0) is 4.74 Å². The van der Waals surface area contributed by atoms with Crippen LogP contribution in [0.1, 0.15) is 37.1 Å². The van der Waals surface area contributed by atoms with Crippen molar-refractivity contribution >= 4 is 10.9 Å². The van der Waals surface area contributed by atoms with Gasteiger partial charge >= 0.3 is 0 Å². The molecule has 1 atom stereocenters. The molecule has 1 aliphatic heterocycles. The minimum atomic E-state index is 0.421. The van der Waals surface area contributed by atoms with Crippen LogP contribution < -0.4 is 5.32 Å². The van der Waals surface area contributed by atoms with Crippen LogP contribution in [0.4, 0.5) is 0 Å². The van der Waals surface area contributed by atoms with E-state index in [-0.39, 0.29) is 0 Å². The molecule has 21 heavy (non-hydrogen) atoms. The minimum absolute atomic E-state index is 0.421. The maximum Gasteiger partial charge on any atom is 0.0705 e. The fourth-order valence-electron chi connectivity index (χ4n) is 3.27. The molecule has 2 heterocycles. The summed E-state index contributed by atoms with van der Waals surface area (Å²) < 4.78 is 5.51. The third-order valence-corrected chi connectivity index (χ3v) is 4.37. The van der Waals surface area contributed by atoms with Gasteiger partial charge in [-0.3, -0.25) is 4.98 Å². The number of benzene rings is 1. The Morgan fingerprint density at radius 1 is 1.24 bits per heavy atom. The fraction of sp³-hybridized carbons (Fsp3) is 0.500. The lowest BCUT2D eigenvalue weighted by Crippen LogP contribution is -2.32. The number of aryl methyl sites for hydroxylation is 1. The van der Waals surface area contributed by atoms with Gasteiger partial charge in [-0.25, -0.2) is 0 Å². The van der Waals surface area contributed by atoms with Crippen molar-refractivity contribution in [3.63, 3.8) is 0 Å². The zero-order chi connectivity index (χ0) is 14.7. The minimum Gasteiger partial charge on any atom is -0.381 e. The predicted octanol–water partition coefficient (Wildman–Crippen LogP) is 3.62. The van der Waals surface area contributed by atoms with Gasteiger partial charge in [-0.05, 0) is 56.0 Å². The Bertz CT molecular complexity index is 605. The zero-order valence-corrected chi connectivity index (χ0v) is 12.9. The second kappa shape index (κ2) is 6.54. The van der Waals surface area contributed by atoms with E-state index in [0.29, 0.717) is 12.0 Å². The number of hydrogen-bond donors (Lipinski definition) is 1. The summed E-state index contributed by atoms with van der Waals surface area (Å²) in [5, 5.41) is 4.90. The third kappa shape index (κ3) is 3.25. The van der Waals surface area contributed by atoms with Gasteiger partial charge in [0.1, 0.15) is 0 Å².